The SMILES string of the molecule is CN=C(NCC1CN(C)CCN1C)NC(C)CCC1CCCCC1.I. The van der Waals surface area contributed by atoms with E-state index in [0.717, 1.165) is 38.1 Å². The third-order valence-corrected chi connectivity index (χ3v) is 5.82. The molecule has 0 amide bonds. The molecular formula is C19H40IN5. The van der Waals surface area contributed by atoms with Crippen LogP contribution in [0.25, 0.3) is 0 Å². The highest BCUT2D eigenvalue weighted by molar-refractivity contribution is 14.0. The molecule has 6 heteroatoms. The normalized spacial score (nSPS) is 25.3. The maximum absolute atomic E-state index is 4.41. The van der Waals surface area contributed by atoms with E-state index in [-0.39, 0.29) is 24.0 Å². The lowest BCUT2D eigenvalue weighted by Crippen LogP contribution is -2.55. The first-order valence-electron chi connectivity index (χ1n) is 9.94. The van der Waals surface area contributed by atoms with Gasteiger partial charge in [-0.05, 0) is 39.8 Å². The monoisotopic (exact) mass is 465 g/mol. The summed E-state index contributed by atoms with van der Waals surface area (Å²) in [6, 6.07) is 1.05. The van der Waals surface area contributed by atoms with Crippen molar-refractivity contribution in [3.63, 3.8) is 0 Å². The maximum atomic E-state index is 4.41. The second kappa shape index (κ2) is 12.3. The number of halogens is 1. The van der Waals surface area contributed by atoms with E-state index in [0.29, 0.717) is 12.1 Å². The summed E-state index contributed by atoms with van der Waals surface area (Å²) in [5, 5.41) is 7.11. The zero-order valence-corrected chi connectivity index (χ0v) is 19.1. The lowest BCUT2D eigenvalue weighted by Gasteiger charge is -2.38. The Morgan fingerprint density at radius 2 is 1.88 bits per heavy atom. The molecule has 0 spiro atoms. The summed E-state index contributed by atoms with van der Waals surface area (Å²) in [5.41, 5.74) is 0. The number of nitrogens with zero attached hydrogens (tertiary/aromatic N) is 3. The zero-order chi connectivity index (χ0) is 17.4. The van der Waals surface area contributed by atoms with Gasteiger partial charge >= 0.3 is 0 Å². The second-order valence-electron chi connectivity index (χ2n) is 7.98. The van der Waals surface area contributed by atoms with E-state index in [2.05, 4.69) is 46.4 Å². The molecule has 1 saturated heterocycles. The standard InChI is InChI=1S/C19H39N5.HI/c1-16(10-11-17-8-6-5-7-9-17)22-19(20-2)21-14-18-15-23(3)12-13-24(18)4;/h16-18H,5-15H2,1-4H3,(H2,20,21,22);1H. The van der Waals surface area contributed by atoms with Crippen molar-refractivity contribution in [2.75, 3.05) is 47.3 Å². The molecule has 1 heterocycles. The van der Waals surface area contributed by atoms with Crippen LogP contribution in [-0.4, -0.2) is 75.2 Å². The van der Waals surface area contributed by atoms with Crippen LogP contribution in [0.15, 0.2) is 4.99 Å². The van der Waals surface area contributed by atoms with E-state index in [4.69, 9.17) is 0 Å². The predicted molar refractivity (Wildman–Crippen MR) is 119 cm³/mol. The van der Waals surface area contributed by atoms with Crippen molar-refractivity contribution in [2.45, 2.75) is 64.0 Å². The molecule has 1 aliphatic heterocycles. The van der Waals surface area contributed by atoms with Crippen molar-refractivity contribution in [1.82, 2.24) is 20.4 Å². The lowest BCUT2D eigenvalue weighted by molar-refractivity contribution is 0.116. The lowest BCUT2D eigenvalue weighted by atomic mass is 9.85. The first-order chi connectivity index (χ1) is 11.6. The topological polar surface area (TPSA) is 42.9 Å². The smallest absolute Gasteiger partial charge is 0.191 e. The van der Waals surface area contributed by atoms with Crippen molar-refractivity contribution in [1.29, 1.82) is 0 Å². The quantitative estimate of drug-likeness (QED) is 0.360. The van der Waals surface area contributed by atoms with Crippen LogP contribution in [0.1, 0.15) is 51.9 Å². The van der Waals surface area contributed by atoms with Crippen LogP contribution < -0.4 is 10.6 Å². The molecule has 0 aromatic rings. The minimum Gasteiger partial charge on any atom is -0.355 e. The number of piperazine rings is 1. The Balaban J connectivity index is 0.00000312. The van der Waals surface area contributed by atoms with Gasteiger partial charge in [0, 0.05) is 45.3 Å². The van der Waals surface area contributed by atoms with Crippen molar-refractivity contribution < 1.29 is 0 Å². The summed E-state index contributed by atoms with van der Waals surface area (Å²) < 4.78 is 0. The predicted octanol–water partition coefficient (Wildman–Crippen LogP) is 2.76. The van der Waals surface area contributed by atoms with E-state index < -0.39 is 0 Å². The molecule has 0 radical (unpaired) electrons. The van der Waals surface area contributed by atoms with Gasteiger partial charge in [0.15, 0.2) is 5.96 Å². The average molecular weight is 465 g/mol. The minimum absolute atomic E-state index is 0. The van der Waals surface area contributed by atoms with E-state index in [1.807, 2.05) is 7.05 Å². The molecule has 2 aliphatic rings. The molecule has 5 nitrogen and oxygen atoms in total. The maximum Gasteiger partial charge on any atom is 0.191 e. The fourth-order valence-electron chi connectivity index (χ4n) is 4.00. The van der Waals surface area contributed by atoms with Gasteiger partial charge in [-0.25, -0.2) is 0 Å². The number of guanidine groups is 1. The molecule has 2 fully saturated rings. The van der Waals surface area contributed by atoms with Crippen molar-refractivity contribution in [2.24, 2.45) is 10.9 Å². The van der Waals surface area contributed by atoms with Crippen LogP contribution in [0.3, 0.4) is 0 Å². The van der Waals surface area contributed by atoms with Gasteiger partial charge < -0.3 is 15.5 Å². The van der Waals surface area contributed by atoms with E-state index in [9.17, 15) is 0 Å². The Morgan fingerprint density at radius 3 is 2.56 bits per heavy atom. The molecule has 2 N–H and O–H groups in total. The summed E-state index contributed by atoms with van der Waals surface area (Å²) in [7, 11) is 6.31. The van der Waals surface area contributed by atoms with Crippen LogP contribution in [0, 0.1) is 5.92 Å². The summed E-state index contributed by atoms with van der Waals surface area (Å²) in [4.78, 5) is 9.28. The Labute approximate surface area is 172 Å². The van der Waals surface area contributed by atoms with Crippen LogP contribution in [-0.2, 0) is 0 Å². The Morgan fingerprint density at radius 1 is 1.16 bits per heavy atom. The van der Waals surface area contributed by atoms with Crippen LogP contribution in [0.2, 0.25) is 0 Å². The first kappa shape index (κ1) is 23.0. The molecule has 148 valence electrons. The number of hydrogen-bond donors (Lipinski definition) is 2. The van der Waals surface area contributed by atoms with Crippen molar-refractivity contribution in [3.05, 3.63) is 0 Å². The molecule has 2 rings (SSSR count). The summed E-state index contributed by atoms with van der Waals surface area (Å²) in [5.74, 6) is 1.91. The molecule has 25 heavy (non-hydrogen) atoms. The van der Waals surface area contributed by atoms with Gasteiger partial charge in [-0.15, -0.1) is 24.0 Å². The largest absolute Gasteiger partial charge is 0.355 e. The van der Waals surface area contributed by atoms with Gasteiger partial charge in [-0.1, -0.05) is 32.1 Å². The molecular weight excluding hydrogens is 425 g/mol. The van der Waals surface area contributed by atoms with Crippen LogP contribution in [0.4, 0.5) is 0 Å². The molecule has 2 unspecified atom stereocenters. The second-order valence-corrected chi connectivity index (χ2v) is 7.98. The van der Waals surface area contributed by atoms with Crippen LogP contribution in [0.5, 0.6) is 0 Å². The molecule has 2 atom stereocenters. The summed E-state index contributed by atoms with van der Waals surface area (Å²) in [6.07, 6.45) is 9.84. The number of aliphatic imine (C=N–C) groups is 1. The Bertz CT molecular complexity index is 384. The van der Waals surface area contributed by atoms with Gasteiger partial charge in [0.25, 0.3) is 0 Å². The molecule has 0 aromatic heterocycles. The highest BCUT2D eigenvalue weighted by atomic mass is 127. The first-order valence-corrected chi connectivity index (χ1v) is 9.94. The number of likely N-dealkylation sites (N-methyl/N-ethyl adjacent to an activating group) is 2. The van der Waals surface area contributed by atoms with Gasteiger partial charge in [0.1, 0.15) is 0 Å². The minimum atomic E-state index is 0. The van der Waals surface area contributed by atoms with E-state index in [1.165, 1.54) is 44.9 Å². The van der Waals surface area contributed by atoms with E-state index in [1.54, 1.807) is 0 Å². The third kappa shape index (κ3) is 8.43. The number of hydrogen-bond acceptors (Lipinski definition) is 3. The highest BCUT2D eigenvalue weighted by Gasteiger charge is 2.22. The Hall–Kier alpha value is -0.0800. The molecule has 1 aliphatic carbocycles. The van der Waals surface area contributed by atoms with Crippen LogP contribution >= 0.6 is 24.0 Å². The fourth-order valence-corrected chi connectivity index (χ4v) is 4.00. The average Bonchev–Trinajstić information content (AvgIpc) is 2.60. The van der Waals surface area contributed by atoms with Gasteiger partial charge in [-0.3, -0.25) is 9.89 Å². The van der Waals surface area contributed by atoms with Gasteiger partial charge in [0.2, 0.25) is 0 Å². The van der Waals surface area contributed by atoms with Crippen molar-refractivity contribution in [3.8, 4) is 0 Å². The molecule has 0 bridgehead atoms. The molecule has 1 saturated carbocycles. The van der Waals surface area contributed by atoms with Crippen molar-refractivity contribution >= 4 is 29.9 Å². The Kier molecular flexibility index (Phi) is 11.3. The zero-order valence-electron chi connectivity index (χ0n) is 16.8. The number of nitrogens with one attached hydrogen (secondary N) is 2. The third-order valence-electron chi connectivity index (χ3n) is 5.82. The highest BCUT2D eigenvalue weighted by Crippen LogP contribution is 2.27. The van der Waals surface area contributed by atoms with E-state index >= 15 is 0 Å². The fraction of sp³-hybridized carbons (Fsp3) is 0.947. The summed E-state index contributed by atoms with van der Waals surface area (Å²) >= 11 is 0. The van der Waals surface area contributed by atoms with Gasteiger partial charge in [-0.2, -0.15) is 0 Å². The molecule has 0 aromatic carbocycles. The summed E-state index contributed by atoms with van der Waals surface area (Å²) in [6.45, 7) is 6.68. The van der Waals surface area contributed by atoms with Gasteiger partial charge in [0.05, 0.1) is 0 Å². The number of rotatable bonds is 6.